The zero-order valence-electron chi connectivity index (χ0n) is 18.0. The summed E-state index contributed by atoms with van der Waals surface area (Å²) < 4.78 is 6.25. The second-order valence-corrected chi connectivity index (χ2v) is 11.2. The van der Waals surface area contributed by atoms with Crippen molar-refractivity contribution in [1.82, 2.24) is 4.90 Å². The number of allylic oxidation sites excluding steroid dienone is 1. The van der Waals surface area contributed by atoms with Crippen molar-refractivity contribution in [2.24, 2.45) is 17.3 Å². The van der Waals surface area contributed by atoms with Crippen molar-refractivity contribution in [3.8, 4) is 5.75 Å². The second-order valence-electron chi connectivity index (χ2n) is 8.52. The van der Waals surface area contributed by atoms with Crippen LogP contribution >= 0.6 is 47.2 Å². The lowest BCUT2D eigenvalue weighted by Gasteiger charge is -2.14. The first-order valence-corrected chi connectivity index (χ1v) is 12.3. The van der Waals surface area contributed by atoms with Gasteiger partial charge in [-0.15, -0.1) is 0 Å². The van der Waals surface area contributed by atoms with Gasteiger partial charge in [-0.1, -0.05) is 103 Å². The number of halogens is 2. The van der Waals surface area contributed by atoms with E-state index in [1.54, 1.807) is 41.3 Å². The molecule has 0 spiro atoms. The normalized spacial score (nSPS) is 22.4. The topological polar surface area (TPSA) is 46.6 Å². The van der Waals surface area contributed by atoms with Crippen LogP contribution in [0.2, 0.25) is 0 Å². The number of ether oxygens (including phenoxy) is 1. The van der Waals surface area contributed by atoms with Crippen molar-refractivity contribution >= 4 is 69.5 Å². The number of amides is 1. The minimum atomic E-state index is -0.314. The molecule has 0 radical (unpaired) electrons. The summed E-state index contributed by atoms with van der Waals surface area (Å²) in [7, 11) is 0. The lowest BCUT2D eigenvalue weighted by Crippen LogP contribution is -2.27. The van der Waals surface area contributed by atoms with Gasteiger partial charge in [0.15, 0.2) is 0 Å². The number of hydrogen-bond donors (Lipinski definition) is 0. The van der Waals surface area contributed by atoms with E-state index >= 15 is 0 Å². The van der Waals surface area contributed by atoms with Crippen LogP contribution in [0.3, 0.4) is 0 Å². The first-order chi connectivity index (χ1) is 15.7. The van der Waals surface area contributed by atoms with Gasteiger partial charge in [0.2, 0.25) is 0 Å². The summed E-state index contributed by atoms with van der Waals surface area (Å²) in [5, 5.41) is 0. The minimum absolute atomic E-state index is 0.0490. The molecular weight excluding hydrogens is 497 g/mol. The van der Waals surface area contributed by atoms with Gasteiger partial charge in [0.05, 0.1) is 17.4 Å². The summed E-state index contributed by atoms with van der Waals surface area (Å²) in [4.78, 5) is 27.6. The van der Waals surface area contributed by atoms with Gasteiger partial charge < -0.3 is 4.74 Å². The third kappa shape index (κ3) is 5.35. The second kappa shape index (κ2) is 9.63. The highest BCUT2D eigenvalue weighted by molar-refractivity contribution is 8.26. The van der Waals surface area contributed by atoms with E-state index in [4.69, 9.17) is 40.2 Å². The molecular formula is C25H21Cl2NO3S2. The average molecular weight is 518 g/mol. The fraction of sp³-hybridized carbons (Fsp3) is 0.240. The van der Waals surface area contributed by atoms with Gasteiger partial charge in [0.1, 0.15) is 14.6 Å². The number of carbonyl (C=O) groups excluding carboxylic acids is 2. The molecule has 0 N–H and O–H groups in total. The summed E-state index contributed by atoms with van der Waals surface area (Å²) in [6.45, 7) is 4.40. The van der Waals surface area contributed by atoms with Crippen molar-refractivity contribution < 1.29 is 14.3 Å². The fourth-order valence-electron chi connectivity index (χ4n) is 3.94. The van der Waals surface area contributed by atoms with Crippen molar-refractivity contribution in [3.05, 3.63) is 81.2 Å². The average Bonchev–Trinajstić information content (AvgIpc) is 3.20. The quantitative estimate of drug-likeness (QED) is 0.187. The number of benzene rings is 2. The molecule has 1 saturated carbocycles. The molecule has 1 aliphatic carbocycles. The molecule has 2 fully saturated rings. The molecule has 4 nitrogen and oxygen atoms in total. The zero-order chi connectivity index (χ0) is 23.8. The largest absolute Gasteiger partial charge is 0.426 e. The van der Waals surface area contributed by atoms with Crippen LogP contribution in [0.5, 0.6) is 5.75 Å². The third-order valence-electron chi connectivity index (χ3n) is 5.92. The number of hydrogen-bond acceptors (Lipinski definition) is 5. The molecule has 8 heteroatoms. The predicted molar refractivity (Wildman–Crippen MR) is 138 cm³/mol. The van der Waals surface area contributed by atoms with E-state index in [1.165, 1.54) is 11.8 Å². The monoisotopic (exact) mass is 517 g/mol. The van der Waals surface area contributed by atoms with E-state index in [2.05, 4.69) is 0 Å². The predicted octanol–water partition coefficient (Wildman–Crippen LogP) is 6.58. The lowest BCUT2D eigenvalue weighted by molar-refractivity contribution is -0.136. The molecule has 4 rings (SSSR count). The molecule has 1 amide bonds. The summed E-state index contributed by atoms with van der Waals surface area (Å²) >= 11 is 18.2. The Morgan fingerprint density at radius 2 is 1.82 bits per heavy atom. The van der Waals surface area contributed by atoms with Crippen LogP contribution in [0.4, 0.5) is 0 Å². The maximum Gasteiger partial charge on any atom is 0.315 e. The highest BCUT2D eigenvalue weighted by atomic mass is 35.5. The maximum atomic E-state index is 12.8. The van der Waals surface area contributed by atoms with Gasteiger partial charge in [0, 0.05) is 0 Å². The van der Waals surface area contributed by atoms with E-state index < -0.39 is 0 Å². The molecule has 33 heavy (non-hydrogen) atoms. The third-order valence-corrected chi connectivity index (χ3v) is 7.55. The van der Waals surface area contributed by atoms with Crippen molar-refractivity contribution in [2.75, 3.05) is 0 Å². The van der Waals surface area contributed by atoms with E-state index in [0.29, 0.717) is 21.5 Å². The van der Waals surface area contributed by atoms with E-state index in [1.807, 2.05) is 44.2 Å². The Labute approximate surface area is 212 Å². The Hall–Kier alpha value is -2.12. The molecule has 2 aromatic rings. The van der Waals surface area contributed by atoms with Gasteiger partial charge in [-0.25, -0.2) is 0 Å². The number of thiocarbonyl (C=S) groups is 1. The molecule has 2 aliphatic rings. The minimum Gasteiger partial charge on any atom is -0.426 e. The molecule has 1 aliphatic heterocycles. The van der Waals surface area contributed by atoms with Gasteiger partial charge in [-0.3, -0.25) is 14.5 Å². The van der Waals surface area contributed by atoms with Gasteiger partial charge in [-0.2, -0.15) is 0 Å². The van der Waals surface area contributed by atoms with Crippen molar-refractivity contribution in [1.29, 1.82) is 0 Å². The summed E-state index contributed by atoms with van der Waals surface area (Å²) in [6.07, 6.45) is 3.48. The first kappa shape index (κ1) is 24.0. The lowest BCUT2D eigenvalue weighted by atomic mass is 10.1. The highest BCUT2D eigenvalue weighted by Gasteiger charge is 2.61. The summed E-state index contributed by atoms with van der Waals surface area (Å²) in [5.41, 5.74) is 1.59. The van der Waals surface area contributed by atoms with E-state index in [9.17, 15) is 9.59 Å². The van der Waals surface area contributed by atoms with Crippen LogP contribution in [0.25, 0.3) is 6.08 Å². The van der Waals surface area contributed by atoms with Crippen LogP contribution in [0.1, 0.15) is 25.0 Å². The Balaban J connectivity index is 1.40. The number of thioether (sulfide) groups is 1. The molecule has 2 aromatic carbocycles. The molecule has 0 aromatic heterocycles. The number of nitrogens with zero attached hydrogens (tertiary/aromatic N) is 1. The number of esters is 1. The standard InChI is InChI=1S/C25H21Cl2NO3S2/c1-25(2)18(13-20(26)27)21(25)23(30)31-17-10-8-15(9-11-17)12-19-22(29)28(24(32)33-19)14-16-6-4-3-5-7-16/h3-13,18,21H,14H2,1-2H3/b19-12-/t18-,21-/m1/s1. The molecule has 170 valence electrons. The van der Waals surface area contributed by atoms with E-state index in [-0.39, 0.29) is 33.6 Å². The molecule has 1 heterocycles. The molecule has 0 unspecified atom stereocenters. The van der Waals surface area contributed by atoms with Crippen LogP contribution in [-0.2, 0) is 16.1 Å². The fourth-order valence-corrected chi connectivity index (χ4v) is 5.47. The van der Waals surface area contributed by atoms with E-state index in [0.717, 1.165) is 11.1 Å². The Kier molecular flexibility index (Phi) is 7.01. The Morgan fingerprint density at radius 1 is 1.15 bits per heavy atom. The smallest absolute Gasteiger partial charge is 0.315 e. The van der Waals surface area contributed by atoms with Crippen LogP contribution in [0, 0.1) is 17.3 Å². The summed E-state index contributed by atoms with van der Waals surface area (Å²) in [6, 6.07) is 16.8. The van der Waals surface area contributed by atoms with Gasteiger partial charge in [0.25, 0.3) is 5.91 Å². The Morgan fingerprint density at radius 3 is 2.45 bits per heavy atom. The SMILES string of the molecule is CC1(C)[C@H](C=C(Cl)Cl)[C@@H]1C(=O)Oc1ccc(/C=C2\SC(=S)N(Cc3ccccc3)C2=O)cc1. The van der Waals surface area contributed by atoms with Gasteiger partial charge in [-0.05, 0) is 46.7 Å². The van der Waals surface area contributed by atoms with Crippen LogP contribution in [0.15, 0.2) is 70.1 Å². The van der Waals surface area contributed by atoms with Crippen molar-refractivity contribution in [3.63, 3.8) is 0 Å². The molecule has 2 atom stereocenters. The molecule has 0 bridgehead atoms. The first-order valence-electron chi connectivity index (χ1n) is 10.3. The van der Waals surface area contributed by atoms with Gasteiger partial charge >= 0.3 is 5.97 Å². The zero-order valence-corrected chi connectivity index (χ0v) is 21.1. The van der Waals surface area contributed by atoms with Crippen LogP contribution in [-0.4, -0.2) is 21.1 Å². The number of rotatable bonds is 6. The Bertz CT molecular complexity index is 1160. The van der Waals surface area contributed by atoms with Crippen LogP contribution < -0.4 is 4.74 Å². The maximum absolute atomic E-state index is 12.8. The highest BCUT2D eigenvalue weighted by Crippen LogP contribution is 2.60. The molecule has 1 saturated heterocycles. The summed E-state index contributed by atoms with van der Waals surface area (Å²) in [5.74, 6) is -0.332. The number of carbonyl (C=O) groups is 2. The van der Waals surface area contributed by atoms with Crippen molar-refractivity contribution in [2.45, 2.75) is 20.4 Å².